The van der Waals surface area contributed by atoms with Crippen LogP contribution in [0.15, 0.2) is 30.5 Å². The number of rotatable bonds is 6. The fourth-order valence-electron chi connectivity index (χ4n) is 4.19. The summed E-state index contributed by atoms with van der Waals surface area (Å²) in [6, 6.07) is 7.71. The molecule has 29 heavy (non-hydrogen) atoms. The predicted octanol–water partition coefficient (Wildman–Crippen LogP) is 2.97. The number of nitrogens with one attached hydrogen (secondary N) is 2. The van der Waals surface area contributed by atoms with Crippen LogP contribution in [-0.2, 0) is 17.8 Å². The Bertz CT molecular complexity index is 885. The van der Waals surface area contributed by atoms with Crippen LogP contribution in [0.2, 0.25) is 0 Å². The van der Waals surface area contributed by atoms with Crippen LogP contribution in [0.4, 0.5) is 11.4 Å². The highest BCUT2D eigenvalue weighted by atomic mass is 16.2. The van der Waals surface area contributed by atoms with Crippen molar-refractivity contribution in [3.05, 3.63) is 42.0 Å². The first-order valence-corrected chi connectivity index (χ1v) is 10.6. The van der Waals surface area contributed by atoms with Crippen LogP contribution < -0.4 is 15.5 Å². The Hall–Kier alpha value is -2.83. The molecule has 2 amide bonds. The highest BCUT2D eigenvalue weighted by Crippen LogP contribution is 2.23. The highest BCUT2D eigenvalue weighted by molar-refractivity contribution is 5.94. The number of anilines is 2. The number of carbonyl (C=O) groups excluding carboxylic acids is 2. The maximum atomic E-state index is 12.6. The topological polar surface area (TPSA) is 79.3 Å². The lowest BCUT2D eigenvalue weighted by Gasteiger charge is -2.19. The Kier molecular flexibility index (Phi) is 5.83. The Labute approximate surface area is 171 Å². The van der Waals surface area contributed by atoms with E-state index in [4.69, 9.17) is 0 Å². The van der Waals surface area contributed by atoms with E-state index in [1.807, 2.05) is 29.7 Å². The van der Waals surface area contributed by atoms with Crippen molar-refractivity contribution in [3.8, 4) is 0 Å². The van der Waals surface area contributed by atoms with Crippen molar-refractivity contribution in [1.82, 2.24) is 14.9 Å². The molecule has 0 saturated carbocycles. The highest BCUT2D eigenvalue weighted by Gasteiger charge is 2.21. The lowest BCUT2D eigenvalue weighted by Crippen LogP contribution is -2.36. The molecule has 1 aromatic heterocycles. The van der Waals surface area contributed by atoms with E-state index in [0.717, 1.165) is 56.1 Å². The molecule has 7 nitrogen and oxygen atoms in total. The molecular formula is C22H29N5O2. The van der Waals surface area contributed by atoms with Gasteiger partial charge in [0.05, 0.1) is 6.20 Å². The number of amides is 2. The molecular weight excluding hydrogens is 366 g/mol. The second-order valence-corrected chi connectivity index (χ2v) is 8.04. The molecule has 0 unspecified atom stereocenters. The number of benzene rings is 1. The van der Waals surface area contributed by atoms with Gasteiger partial charge in [0.25, 0.3) is 5.91 Å². The van der Waals surface area contributed by atoms with Gasteiger partial charge < -0.3 is 20.1 Å². The van der Waals surface area contributed by atoms with Gasteiger partial charge in [-0.1, -0.05) is 6.07 Å². The van der Waals surface area contributed by atoms with Gasteiger partial charge in [0.15, 0.2) is 0 Å². The average molecular weight is 396 g/mol. The summed E-state index contributed by atoms with van der Waals surface area (Å²) in [5.74, 6) is 0.707. The first kappa shape index (κ1) is 19.5. The molecule has 3 heterocycles. The number of imidazole rings is 1. The van der Waals surface area contributed by atoms with E-state index in [1.165, 1.54) is 12.8 Å². The molecule has 2 aromatic rings. The van der Waals surface area contributed by atoms with Gasteiger partial charge in [0.2, 0.25) is 5.91 Å². The number of aromatic nitrogens is 2. The van der Waals surface area contributed by atoms with Crippen molar-refractivity contribution in [2.24, 2.45) is 0 Å². The van der Waals surface area contributed by atoms with Crippen molar-refractivity contribution in [3.63, 3.8) is 0 Å². The number of hydrogen-bond acceptors (Lipinski definition) is 4. The zero-order valence-electron chi connectivity index (χ0n) is 17.0. The summed E-state index contributed by atoms with van der Waals surface area (Å²) in [6.45, 7) is 4.82. The van der Waals surface area contributed by atoms with Gasteiger partial charge in [-0.05, 0) is 50.8 Å². The van der Waals surface area contributed by atoms with E-state index in [2.05, 4.69) is 26.6 Å². The van der Waals surface area contributed by atoms with E-state index >= 15 is 0 Å². The van der Waals surface area contributed by atoms with Gasteiger partial charge in [-0.25, -0.2) is 4.98 Å². The zero-order valence-corrected chi connectivity index (χ0v) is 17.0. The van der Waals surface area contributed by atoms with Crippen molar-refractivity contribution in [1.29, 1.82) is 0 Å². The minimum atomic E-state index is -0.265. The minimum Gasteiger partial charge on any atom is -0.371 e. The van der Waals surface area contributed by atoms with Crippen LogP contribution >= 0.6 is 0 Å². The summed E-state index contributed by atoms with van der Waals surface area (Å²) in [7, 11) is 0. The van der Waals surface area contributed by atoms with E-state index < -0.39 is 0 Å². The minimum absolute atomic E-state index is 0.105. The standard InChI is InChI=1S/C22H29N5O2/c1-16(24-22(29)19-15-23-20-9-2-3-12-27(19)20)13-21(28)25-17-7-6-8-18(14-17)26-10-4-5-11-26/h6-8,14-16H,2-5,9-13H2,1H3,(H,24,29)(H,25,28)/t16-/m1/s1. The van der Waals surface area contributed by atoms with Gasteiger partial charge in [-0.15, -0.1) is 0 Å². The molecule has 0 radical (unpaired) electrons. The molecule has 154 valence electrons. The number of fused-ring (bicyclic) bond motifs is 1. The Morgan fingerprint density at radius 1 is 1.14 bits per heavy atom. The summed E-state index contributed by atoms with van der Waals surface area (Å²) in [5, 5.41) is 5.90. The van der Waals surface area contributed by atoms with Gasteiger partial charge >= 0.3 is 0 Å². The Morgan fingerprint density at radius 3 is 2.76 bits per heavy atom. The quantitative estimate of drug-likeness (QED) is 0.788. The molecule has 1 aromatic carbocycles. The van der Waals surface area contributed by atoms with Crippen LogP contribution in [0.5, 0.6) is 0 Å². The van der Waals surface area contributed by atoms with E-state index in [-0.39, 0.29) is 24.3 Å². The lowest BCUT2D eigenvalue weighted by molar-refractivity contribution is -0.116. The van der Waals surface area contributed by atoms with E-state index in [9.17, 15) is 9.59 Å². The van der Waals surface area contributed by atoms with E-state index in [1.54, 1.807) is 6.20 Å². The summed E-state index contributed by atoms with van der Waals surface area (Å²) >= 11 is 0. The maximum Gasteiger partial charge on any atom is 0.269 e. The van der Waals surface area contributed by atoms with Gasteiger partial charge in [0, 0.05) is 49.9 Å². The second-order valence-electron chi connectivity index (χ2n) is 8.04. The molecule has 0 aliphatic carbocycles. The largest absolute Gasteiger partial charge is 0.371 e. The first-order valence-electron chi connectivity index (χ1n) is 10.6. The number of carbonyl (C=O) groups is 2. The van der Waals surface area contributed by atoms with Crippen LogP contribution in [0.3, 0.4) is 0 Å². The van der Waals surface area contributed by atoms with Crippen LogP contribution in [0.1, 0.15) is 55.3 Å². The normalized spacial score (nSPS) is 16.9. The SMILES string of the molecule is C[C@H](CC(=O)Nc1cccc(N2CCCC2)c1)NC(=O)c1cnc2n1CCCC2. The third kappa shape index (κ3) is 4.60. The molecule has 2 N–H and O–H groups in total. The van der Waals surface area contributed by atoms with Gasteiger partial charge in [-0.2, -0.15) is 0 Å². The fraction of sp³-hybridized carbons (Fsp3) is 0.500. The van der Waals surface area contributed by atoms with Crippen molar-refractivity contribution in [2.75, 3.05) is 23.3 Å². The Morgan fingerprint density at radius 2 is 1.93 bits per heavy atom. The molecule has 0 spiro atoms. The molecule has 2 aliphatic rings. The third-order valence-corrected chi connectivity index (χ3v) is 5.67. The Balaban J connectivity index is 1.31. The number of hydrogen-bond donors (Lipinski definition) is 2. The smallest absolute Gasteiger partial charge is 0.269 e. The first-order chi connectivity index (χ1) is 14.1. The number of aryl methyl sites for hydroxylation is 1. The molecule has 1 fully saturated rings. The van der Waals surface area contributed by atoms with Gasteiger partial charge in [-0.3, -0.25) is 9.59 Å². The summed E-state index contributed by atoms with van der Waals surface area (Å²) in [5.41, 5.74) is 2.53. The maximum absolute atomic E-state index is 12.6. The monoisotopic (exact) mass is 395 g/mol. The molecule has 2 aliphatic heterocycles. The number of nitrogens with zero attached hydrogens (tertiary/aromatic N) is 3. The van der Waals surface area contributed by atoms with Gasteiger partial charge in [0.1, 0.15) is 11.5 Å². The van der Waals surface area contributed by atoms with Crippen LogP contribution in [0.25, 0.3) is 0 Å². The zero-order chi connectivity index (χ0) is 20.2. The molecule has 0 bridgehead atoms. The molecule has 1 atom stereocenters. The van der Waals surface area contributed by atoms with Crippen LogP contribution in [0, 0.1) is 0 Å². The fourth-order valence-corrected chi connectivity index (χ4v) is 4.19. The second kappa shape index (κ2) is 8.68. The molecule has 7 heteroatoms. The van der Waals surface area contributed by atoms with Crippen molar-refractivity contribution >= 4 is 23.2 Å². The van der Waals surface area contributed by atoms with Crippen LogP contribution in [-0.4, -0.2) is 40.5 Å². The summed E-state index contributed by atoms with van der Waals surface area (Å²) in [4.78, 5) is 31.8. The molecule has 1 saturated heterocycles. The molecule has 4 rings (SSSR count). The summed E-state index contributed by atoms with van der Waals surface area (Å²) in [6.07, 6.45) is 7.41. The summed E-state index contributed by atoms with van der Waals surface area (Å²) < 4.78 is 2.00. The van der Waals surface area contributed by atoms with Crippen molar-refractivity contribution in [2.45, 2.75) is 58.0 Å². The van der Waals surface area contributed by atoms with E-state index in [0.29, 0.717) is 5.69 Å². The lowest BCUT2D eigenvalue weighted by atomic mass is 10.1. The third-order valence-electron chi connectivity index (χ3n) is 5.67. The average Bonchev–Trinajstić information content (AvgIpc) is 3.38. The predicted molar refractivity (Wildman–Crippen MR) is 113 cm³/mol. The van der Waals surface area contributed by atoms with Crippen molar-refractivity contribution < 1.29 is 9.59 Å².